The van der Waals surface area contributed by atoms with E-state index in [0.717, 1.165) is 0 Å². The van der Waals surface area contributed by atoms with Crippen molar-refractivity contribution in [2.24, 2.45) is 11.7 Å². The molecule has 0 bridgehead atoms. The summed E-state index contributed by atoms with van der Waals surface area (Å²) in [5.41, 5.74) is 4.59. The number of halogens is 1. The molecule has 1 fully saturated rings. The normalized spacial score (nSPS) is 37.5. The van der Waals surface area contributed by atoms with Crippen LogP contribution in [0.15, 0.2) is 0 Å². The number of hydrogen-bond donors (Lipinski definition) is 3. The summed E-state index contributed by atoms with van der Waals surface area (Å²) in [6.07, 6.45) is -0.658. The van der Waals surface area contributed by atoms with Gasteiger partial charge in [-0.25, -0.2) is 0 Å². The zero-order chi connectivity index (χ0) is 8.43. The molecule has 1 aliphatic rings. The molecule has 0 saturated carbocycles. The quantitative estimate of drug-likeness (QED) is 0.313. The van der Waals surface area contributed by atoms with E-state index in [9.17, 15) is 4.79 Å². The molecule has 0 radical (unpaired) electrons. The number of nitrogens with one attached hydrogen (secondary N) is 2. The Balaban J connectivity index is 2.69. The first-order chi connectivity index (χ1) is 5.15. The molecule has 0 aromatic rings. The summed E-state index contributed by atoms with van der Waals surface area (Å²) in [5, 5.41) is 13.4. The van der Waals surface area contributed by atoms with Gasteiger partial charge in [0.05, 0.1) is 6.07 Å². The van der Waals surface area contributed by atoms with Crippen LogP contribution in [0.2, 0.25) is 0 Å². The lowest BCUT2D eigenvalue weighted by molar-refractivity contribution is -0.126. The predicted octanol–water partition coefficient (Wildman–Crippen LogP) is -1.35. The minimum atomic E-state index is -0.864. The highest BCUT2D eigenvalue weighted by molar-refractivity contribution is 6.22. The third-order valence-corrected chi connectivity index (χ3v) is 1.73. The zero-order valence-electron chi connectivity index (χ0n) is 5.54. The average molecular weight is 175 g/mol. The van der Waals surface area contributed by atoms with Crippen LogP contribution in [0.25, 0.3) is 0 Å². The molecule has 1 amide bonds. The second-order valence-electron chi connectivity index (χ2n) is 2.16. The van der Waals surface area contributed by atoms with Crippen molar-refractivity contribution >= 4 is 17.5 Å². The molecule has 3 atom stereocenters. The van der Waals surface area contributed by atoms with Gasteiger partial charge in [0, 0.05) is 0 Å². The molecule has 4 N–H and O–H groups in total. The van der Waals surface area contributed by atoms with E-state index in [1.54, 1.807) is 6.07 Å². The van der Waals surface area contributed by atoms with Crippen LogP contribution in [0.1, 0.15) is 0 Å². The van der Waals surface area contributed by atoms with Crippen molar-refractivity contribution in [1.29, 1.82) is 5.26 Å². The average Bonchev–Trinajstić information content (AvgIpc) is 1.85. The van der Waals surface area contributed by atoms with Crippen LogP contribution in [0.3, 0.4) is 0 Å². The summed E-state index contributed by atoms with van der Waals surface area (Å²) < 4.78 is 0. The van der Waals surface area contributed by atoms with Gasteiger partial charge in [-0.2, -0.15) is 5.26 Å². The van der Waals surface area contributed by atoms with Crippen LogP contribution >= 0.6 is 11.6 Å². The summed E-state index contributed by atoms with van der Waals surface area (Å²) in [4.78, 5) is 10.9. The van der Waals surface area contributed by atoms with Crippen LogP contribution in [0.4, 0.5) is 0 Å². The van der Waals surface area contributed by atoms with Crippen molar-refractivity contribution in [3.05, 3.63) is 0 Å². The Labute approximate surface area is 68.5 Å². The third kappa shape index (κ3) is 1.60. The van der Waals surface area contributed by atoms with Crippen LogP contribution in [0, 0.1) is 17.2 Å². The Morgan fingerprint density at radius 2 is 2.36 bits per heavy atom. The molecular formula is C5H7ClN4O. The van der Waals surface area contributed by atoms with Gasteiger partial charge in [-0.1, -0.05) is 0 Å². The first-order valence-electron chi connectivity index (χ1n) is 3.01. The lowest BCUT2D eigenvalue weighted by atomic mass is 10.1. The summed E-state index contributed by atoms with van der Waals surface area (Å²) in [6, 6.07) is 1.76. The van der Waals surface area contributed by atoms with Crippen LogP contribution < -0.4 is 16.4 Å². The smallest absolute Gasteiger partial charge is 0.242 e. The standard InChI is InChI=1S/C5H7ClN4O/c6-3-2(1-7)4(11)10-5(8)9-3/h2-3,5,9H,8H2,(H,10,11). The molecule has 0 spiro atoms. The van der Waals surface area contributed by atoms with Gasteiger partial charge in [-0.05, 0) is 0 Å². The summed E-state index contributed by atoms with van der Waals surface area (Å²) in [6.45, 7) is 0. The maximum atomic E-state index is 10.9. The van der Waals surface area contributed by atoms with E-state index in [2.05, 4.69) is 10.6 Å². The number of carbonyl (C=O) groups excluding carboxylic acids is 1. The fourth-order valence-electron chi connectivity index (χ4n) is 0.809. The maximum absolute atomic E-state index is 10.9. The molecular weight excluding hydrogens is 168 g/mol. The number of nitrogens with two attached hydrogens (primary N) is 1. The number of rotatable bonds is 0. The van der Waals surface area contributed by atoms with E-state index in [1.165, 1.54) is 0 Å². The van der Waals surface area contributed by atoms with Gasteiger partial charge in [0.2, 0.25) is 5.91 Å². The second-order valence-corrected chi connectivity index (χ2v) is 2.63. The minimum Gasteiger partial charge on any atom is -0.327 e. The van der Waals surface area contributed by atoms with Crippen LogP contribution in [0.5, 0.6) is 0 Å². The number of amides is 1. The summed E-state index contributed by atoms with van der Waals surface area (Å²) in [5.74, 6) is -1.30. The molecule has 1 saturated heterocycles. The molecule has 5 nitrogen and oxygen atoms in total. The molecule has 1 rings (SSSR count). The van der Waals surface area contributed by atoms with Gasteiger partial charge in [-0.15, -0.1) is 11.6 Å². The number of hydrogen-bond acceptors (Lipinski definition) is 4. The van der Waals surface area contributed by atoms with Gasteiger partial charge >= 0.3 is 0 Å². The lowest BCUT2D eigenvalue weighted by Crippen LogP contribution is -2.63. The SMILES string of the molecule is N#CC1C(=O)NC(N)NC1Cl. The minimum absolute atomic E-state index is 0.432. The summed E-state index contributed by atoms with van der Waals surface area (Å²) >= 11 is 5.60. The van der Waals surface area contributed by atoms with Crippen molar-refractivity contribution in [1.82, 2.24) is 10.6 Å². The van der Waals surface area contributed by atoms with E-state index in [4.69, 9.17) is 22.6 Å². The third-order valence-electron chi connectivity index (χ3n) is 1.35. The number of carbonyl (C=O) groups is 1. The molecule has 60 valence electrons. The lowest BCUT2D eigenvalue weighted by Gasteiger charge is -2.28. The van der Waals surface area contributed by atoms with Crippen molar-refractivity contribution in [3.8, 4) is 6.07 Å². The van der Waals surface area contributed by atoms with E-state index < -0.39 is 23.6 Å². The van der Waals surface area contributed by atoms with E-state index in [0.29, 0.717) is 0 Å². The fraction of sp³-hybridized carbons (Fsp3) is 0.600. The molecule has 0 aliphatic carbocycles. The van der Waals surface area contributed by atoms with Crippen LogP contribution in [-0.4, -0.2) is 17.7 Å². The van der Waals surface area contributed by atoms with Crippen molar-refractivity contribution in [3.63, 3.8) is 0 Å². The van der Waals surface area contributed by atoms with E-state index in [1.807, 2.05) is 0 Å². The molecule has 0 aromatic heterocycles. The topological polar surface area (TPSA) is 90.9 Å². The van der Waals surface area contributed by atoms with Crippen molar-refractivity contribution < 1.29 is 4.79 Å². The van der Waals surface area contributed by atoms with Gasteiger partial charge in [0.1, 0.15) is 11.8 Å². The highest BCUT2D eigenvalue weighted by atomic mass is 35.5. The second kappa shape index (κ2) is 3.05. The van der Waals surface area contributed by atoms with Gasteiger partial charge in [-0.3, -0.25) is 15.8 Å². The molecule has 6 heteroatoms. The Morgan fingerprint density at radius 1 is 1.73 bits per heavy atom. The zero-order valence-corrected chi connectivity index (χ0v) is 6.30. The molecule has 1 aliphatic heterocycles. The maximum Gasteiger partial charge on any atom is 0.242 e. The van der Waals surface area contributed by atoms with Crippen molar-refractivity contribution in [2.75, 3.05) is 0 Å². The van der Waals surface area contributed by atoms with Gasteiger partial charge < -0.3 is 5.32 Å². The number of nitrogens with zero attached hydrogens (tertiary/aromatic N) is 1. The monoisotopic (exact) mass is 174 g/mol. The Kier molecular flexibility index (Phi) is 2.29. The van der Waals surface area contributed by atoms with E-state index in [-0.39, 0.29) is 0 Å². The van der Waals surface area contributed by atoms with Crippen LogP contribution in [-0.2, 0) is 4.79 Å². The Morgan fingerprint density at radius 3 is 2.82 bits per heavy atom. The summed E-state index contributed by atoms with van der Waals surface area (Å²) in [7, 11) is 0. The van der Waals surface area contributed by atoms with Gasteiger partial charge in [0.15, 0.2) is 5.92 Å². The van der Waals surface area contributed by atoms with E-state index >= 15 is 0 Å². The number of alkyl halides is 1. The highest BCUT2D eigenvalue weighted by Gasteiger charge is 2.33. The van der Waals surface area contributed by atoms with Gasteiger partial charge in [0.25, 0.3) is 0 Å². The molecule has 3 unspecified atom stereocenters. The first kappa shape index (κ1) is 8.27. The molecule has 0 aromatic carbocycles. The van der Waals surface area contributed by atoms with Crippen molar-refractivity contribution in [2.45, 2.75) is 11.8 Å². The molecule has 11 heavy (non-hydrogen) atoms. The highest BCUT2D eigenvalue weighted by Crippen LogP contribution is 2.10. The predicted molar refractivity (Wildman–Crippen MR) is 38.0 cm³/mol. The fourth-order valence-corrected chi connectivity index (χ4v) is 1.12. The Bertz CT molecular complexity index is 213. The molecule has 1 heterocycles. The first-order valence-corrected chi connectivity index (χ1v) is 3.44. The number of nitriles is 1. The largest absolute Gasteiger partial charge is 0.327 e. The Hall–Kier alpha value is -0.830.